The van der Waals surface area contributed by atoms with Crippen LogP contribution in [0.4, 0.5) is 0 Å². The third kappa shape index (κ3) is 5.72. The number of aliphatic hydroxyl groups excluding tert-OH is 2. The molecule has 60 valence electrons. The highest BCUT2D eigenvalue weighted by Gasteiger charge is 1.99. The van der Waals surface area contributed by atoms with E-state index >= 15 is 0 Å². The topological polar surface area (TPSA) is 52.8 Å². The van der Waals surface area contributed by atoms with Crippen molar-refractivity contribution in [2.45, 2.75) is 25.4 Å². The number of rotatable bonds is 6. The number of aliphatic imine (C=N–C) groups is 1. The molecule has 0 fully saturated rings. The molecule has 0 rings (SSSR count). The molecule has 0 aromatic heterocycles. The summed E-state index contributed by atoms with van der Waals surface area (Å²) in [5.74, 6) is 0. The van der Waals surface area contributed by atoms with E-state index in [-0.39, 0.29) is 12.7 Å². The van der Waals surface area contributed by atoms with Gasteiger partial charge in [0.15, 0.2) is 0 Å². The van der Waals surface area contributed by atoms with Gasteiger partial charge in [-0.2, -0.15) is 0 Å². The lowest BCUT2D eigenvalue weighted by Crippen LogP contribution is -2.10. The van der Waals surface area contributed by atoms with Crippen LogP contribution >= 0.6 is 0 Å². The van der Waals surface area contributed by atoms with Crippen LogP contribution in [0.25, 0.3) is 0 Å². The second-order valence-corrected chi connectivity index (χ2v) is 2.28. The van der Waals surface area contributed by atoms with Crippen molar-refractivity contribution < 1.29 is 10.2 Å². The molecule has 3 heteroatoms. The van der Waals surface area contributed by atoms with E-state index in [0.29, 0.717) is 13.0 Å². The van der Waals surface area contributed by atoms with Crippen LogP contribution in [-0.2, 0) is 0 Å². The summed E-state index contributed by atoms with van der Waals surface area (Å²) in [6, 6.07) is 0. The number of nitrogens with zero attached hydrogens (tertiary/aromatic N) is 1. The average Bonchev–Trinajstić information content (AvgIpc) is 1.89. The molecular formula is C7H15NO2. The molecule has 3 nitrogen and oxygen atoms in total. The monoisotopic (exact) mass is 145 g/mol. The van der Waals surface area contributed by atoms with Gasteiger partial charge in [0.25, 0.3) is 0 Å². The van der Waals surface area contributed by atoms with Gasteiger partial charge in [0, 0.05) is 6.61 Å². The first kappa shape index (κ1) is 9.59. The molecule has 0 saturated carbocycles. The molecule has 0 spiro atoms. The van der Waals surface area contributed by atoms with Crippen molar-refractivity contribution in [1.29, 1.82) is 0 Å². The number of hydrogen-bond donors (Lipinski definition) is 2. The largest absolute Gasteiger partial charge is 0.396 e. The maximum atomic E-state index is 9.06. The maximum absolute atomic E-state index is 9.06. The van der Waals surface area contributed by atoms with Crippen LogP contribution in [0, 0.1) is 0 Å². The number of aliphatic hydroxyl groups is 2. The Balaban J connectivity index is 3.04. The van der Waals surface area contributed by atoms with Crippen molar-refractivity contribution >= 4 is 6.72 Å². The molecular weight excluding hydrogens is 130 g/mol. The molecule has 1 atom stereocenters. The van der Waals surface area contributed by atoms with Crippen LogP contribution in [0.15, 0.2) is 4.99 Å². The molecule has 0 aliphatic rings. The highest BCUT2D eigenvalue weighted by molar-refractivity contribution is 5.23. The lowest BCUT2D eigenvalue weighted by atomic mass is 10.1. The van der Waals surface area contributed by atoms with Gasteiger partial charge < -0.3 is 10.2 Å². The second-order valence-electron chi connectivity index (χ2n) is 2.28. The Hall–Kier alpha value is -0.410. The van der Waals surface area contributed by atoms with E-state index < -0.39 is 0 Å². The second kappa shape index (κ2) is 6.71. The highest BCUT2D eigenvalue weighted by atomic mass is 16.3. The predicted octanol–water partition coefficient (Wildman–Crippen LogP) is 0.210. The summed E-state index contributed by atoms with van der Waals surface area (Å²) in [6.45, 7) is 3.88. The average molecular weight is 145 g/mol. The van der Waals surface area contributed by atoms with Gasteiger partial charge in [0.2, 0.25) is 0 Å². The smallest absolute Gasteiger partial charge is 0.0735 e. The molecule has 0 aliphatic carbocycles. The lowest BCUT2D eigenvalue weighted by molar-refractivity contribution is 0.165. The summed E-state index contributed by atoms with van der Waals surface area (Å²) in [4.78, 5) is 3.55. The molecule has 0 unspecified atom stereocenters. The van der Waals surface area contributed by atoms with Crippen molar-refractivity contribution in [1.82, 2.24) is 0 Å². The first-order chi connectivity index (χ1) is 4.81. The van der Waals surface area contributed by atoms with Gasteiger partial charge in [0.05, 0.1) is 12.6 Å². The molecule has 10 heavy (non-hydrogen) atoms. The van der Waals surface area contributed by atoms with Crippen LogP contribution in [0.5, 0.6) is 0 Å². The van der Waals surface area contributed by atoms with Crippen LogP contribution in [0.3, 0.4) is 0 Å². The molecule has 2 N–H and O–H groups in total. The molecule has 0 amide bonds. The van der Waals surface area contributed by atoms with Crippen molar-refractivity contribution in [3.63, 3.8) is 0 Å². The Morgan fingerprint density at radius 1 is 1.40 bits per heavy atom. The predicted molar refractivity (Wildman–Crippen MR) is 41.4 cm³/mol. The van der Waals surface area contributed by atoms with E-state index in [2.05, 4.69) is 11.7 Å². The Labute approximate surface area is 61.4 Å². The number of unbranched alkanes of at least 4 members (excludes halogenated alkanes) is 1. The zero-order valence-corrected chi connectivity index (χ0v) is 6.16. The normalized spacial score (nSPS) is 13.0. The van der Waals surface area contributed by atoms with E-state index in [9.17, 15) is 0 Å². The molecule has 0 saturated heterocycles. The van der Waals surface area contributed by atoms with E-state index in [1.807, 2.05) is 0 Å². The summed E-state index contributed by atoms with van der Waals surface area (Å²) in [5, 5.41) is 17.5. The fourth-order valence-corrected chi connectivity index (χ4v) is 0.732. The number of hydrogen-bond acceptors (Lipinski definition) is 3. The Kier molecular flexibility index (Phi) is 6.43. The van der Waals surface area contributed by atoms with Gasteiger partial charge >= 0.3 is 0 Å². The van der Waals surface area contributed by atoms with Gasteiger partial charge in [0.1, 0.15) is 0 Å². The van der Waals surface area contributed by atoms with Crippen molar-refractivity contribution in [2.75, 3.05) is 13.2 Å². The van der Waals surface area contributed by atoms with Crippen molar-refractivity contribution in [2.24, 2.45) is 4.99 Å². The third-order valence-electron chi connectivity index (χ3n) is 1.29. The van der Waals surface area contributed by atoms with Gasteiger partial charge in [-0.05, 0) is 26.0 Å². The minimum absolute atomic E-state index is 0.203. The zero-order valence-electron chi connectivity index (χ0n) is 6.16. The first-order valence-corrected chi connectivity index (χ1v) is 3.52. The summed E-state index contributed by atoms with van der Waals surface area (Å²) in [5.41, 5.74) is 0. The summed E-state index contributed by atoms with van der Waals surface area (Å²) >= 11 is 0. The summed E-state index contributed by atoms with van der Waals surface area (Å²) in [6.07, 6.45) is 1.95. The Bertz CT molecular complexity index is 85.7. The molecule has 0 aliphatic heterocycles. The lowest BCUT2D eigenvalue weighted by Gasteiger charge is -2.04. The minimum atomic E-state index is -0.371. The fourth-order valence-electron chi connectivity index (χ4n) is 0.732. The van der Waals surface area contributed by atoms with Gasteiger partial charge in [-0.15, -0.1) is 0 Å². The molecule has 0 bridgehead atoms. The van der Waals surface area contributed by atoms with Crippen molar-refractivity contribution in [3.8, 4) is 0 Å². The van der Waals surface area contributed by atoms with Crippen LogP contribution in [-0.4, -0.2) is 36.2 Å². The molecule has 0 aromatic rings. The van der Waals surface area contributed by atoms with Crippen LogP contribution < -0.4 is 0 Å². The van der Waals surface area contributed by atoms with Crippen molar-refractivity contribution in [3.05, 3.63) is 0 Å². The Morgan fingerprint density at radius 2 is 2.10 bits per heavy atom. The third-order valence-corrected chi connectivity index (χ3v) is 1.29. The minimum Gasteiger partial charge on any atom is -0.396 e. The van der Waals surface area contributed by atoms with Gasteiger partial charge in [-0.1, -0.05) is 0 Å². The van der Waals surface area contributed by atoms with Gasteiger partial charge in [-0.25, -0.2) is 0 Å². The SMILES string of the molecule is C=NC[C@H](O)CCCCO. The summed E-state index contributed by atoms with van der Waals surface area (Å²) in [7, 11) is 0. The quantitative estimate of drug-likeness (QED) is 0.414. The van der Waals surface area contributed by atoms with E-state index in [1.54, 1.807) is 0 Å². The van der Waals surface area contributed by atoms with Crippen LogP contribution in [0.1, 0.15) is 19.3 Å². The molecule has 0 aromatic carbocycles. The van der Waals surface area contributed by atoms with Gasteiger partial charge in [-0.3, -0.25) is 4.99 Å². The standard InChI is InChI=1S/C7H15NO2/c1-8-6-7(10)4-2-3-5-9/h7,9-10H,1-6H2/t7-/m1/s1. The first-order valence-electron chi connectivity index (χ1n) is 3.52. The molecule has 0 radical (unpaired) electrons. The van der Waals surface area contributed by atoms with Crippen LogP contribution in [0.2, 0.25) is 0 Å². The van der Waals surface area contributed by atoms with E-state index in [0.717, 1.165) is 12.8 Å². The maximum Gasteiger partial charge on any atom is 0.0735 e. The van der Waals surface area contributed by atoms with E-state index in [4.69, 9.17) is 10.2 Å². The van der Waals surface area contributed by atoms with E-state index in [1.165, 1.54) is 0 Å². The summed E-state index contributed by atoms with van der Waals surface area (Å²) < 4.78 is 0. The highest BCUT2D eigenvalue weighted by Crippen LogP contribution is 1.99. The Morgan fingerprint density at radius 3 is 2.60 bits per heavy atom. The fraction of sp³-hybridized carbons (Fsp3) is 0.857. The zero-order chi connectivity index (χ0) is 7.82. The molecule has 0 heterocycles.